The molecule has 0 saturated carbocycles. The van der Waals surface area contributed by atoms with E-state index in [1.54, 1.807) is 18.2 Å². The van der Waals surface area contributed by atoms with Crippen molar-refractivity contribution in [3.8, 4) is 5.75 Å². The molecule has 3 rings (SSSR count). The summed E-state index contributed by atoms with van der Waals surface area (Å²) in [5.41, 5.74) is 1.98. The molecule has 0 amide bonds. The maximum Gasteiger partial charge on any atom is 0.269 e. The zero-order valence-electron chi connectivity index (χ0n) is 13.0. The highest BCUT2D eigenvalue weighted by Crippen LogP contribution is 2.26. The Morgan fingerprint density at radius 1 is 1.21 bits per heavy atom. The van der Waals surface area contributed by atoms with Crippen molar-refractivity contribution in [3.05, 3.63) is 76.0 Å². The molecule has 1 unspecified atom stereocenters. The maximum absolute atomic E-state index is 10.8. The van der Waals surface area contributed by atoms with E-state index in [9.17, 15) is 15.2 Å². The fraction of sp³-hybridized carbons (Fsp3) is 0.167. The molecule has 0 bridgehead atoms. The SMILES string of the molecule is Cc1ccc2cccc(OCC(O)c3cccc([N+](=O)[O-])c3)c2n1. The molecule has 3 aromatic rings. The van der Waals surface area contributed by atoms with Gasteiger partial charge in [-0.05, 0) is 24.6 Å². The second kappa shape index (κ2) is 6.64. The Labute approximate surface area is 138 Å². The molecule has 122 valence electrons. The zero-order chi connectivity index (χ0) is 17.1. The van der Waals surface area contributed by atoms with Crippen molar-refractivity contribution >= 4 is 16.6 Å². The summed E-state index contributed by atoms with van der Waals surface area (Å²) in [6.07, 6.45) is -0.968. The second-order valence-electron chi connectivity index (χ2n) is 5.46. The van der Waals surface area contributed by atoms with Gasteiger partial charge in [0.2, 0.25) is 0 Å². The molecule has 0 aliphatic heterocycles. The number of aromatic nitrogens is 1. The van der Waals surface area contributed by atoms with Crippen LogP contribution >= 0.6 is 0 Å². The van der Waals surface area contributed by atoms with Crippen LogP contribution in [0.2, 0.25) is 0 Å². The number of nitro benzene ring substituents is 1. The summed E-state index contributed by atoms with van der Waals surface area (Å²) in [7, 11) is 0. The molecule has 0 spiro atoms. The number of aliphatic hydroxyl groups is 1. The van der Waals surface area contributed by atoms with E-state index in [4.69, 9.17) is 4.74 Å². The van der Waals surface area contributed by atoms with Gasteiger partial charge in [0.1, 0.15) is 24.0 Å². The number of pyridine rings is 1. The summed E-state index contributed by atoms with van der Waals surface area (Å²) in [6, 6.07) is 15.4. The number of ether oxygens (including phenoxy) is 1. The van der Waals surface area contributed by atoms with E-state index in [0.717, 1.165) is 16.6 Å². The largest absolute Gasteiger partial charge is 0.488 e. The molecule has 6 nitrogen and oxygen atoms in total. The van der Waals surface area contributed by atoms with Crippen molar-refractivity contribution in [2.75, 3.05) is 6.61 Å². The smallest absolute Gasteiger partial charge is 0.269 e. The number of hydrogen-bond donors (Lipinski definition) is 1. The van der Waals surface area contributed by atoms with Gasteiger partial charge in [0.15, 0.2) is 0 Å². The molecule has 0 radical (unpaired) electrons. The summed E-state index contributed by atoms with van der Waals surface area (Å²) in [5, 5.41) is 22.0. The number of para-hydroxylation sites is 1. The van der Waals surface area contributed by atoms with Gasteiger partial charge in [-0.2, -0.15) is 0 Å². The van der Waals surface area contributed by atoms with Gasteiger partial charge in [0.25, 0.3) is 5.69 Å². The molecule has 24 heavy (non-hydrogen) atoms. The van der Waals surface area contributed by atoms with Crippen LogP contribution in [0.5, 0.6) is 5.75 Å². The molecule has 0 saturated heterocycles. The van der Waals surface area contributed by atoms with Crippen molar-refractivity contribution < 1.29 is 14.8 Å². The van der Waals surface area contributed by atoms with Crippen molar-refractivity contribution in [2.45, 2.75) is 13.0 Å². The van der Waals surface area contributed by atoms with Crippen LogP contribution in [-0.4, -0.2) is 21.6 Å². The van der Waals surface area contributed by atoms with Gasteiger partial charge in [0, 0.05) is 23.2 Å². The van der Waals surface area contributed by atoms with Crippen molar-refractivity contribution in [1.82, 2.24) is 4.98 Å². The van der Waals surface area contributed by atoms with Crippen molar-refractivity contribution in [2.24, 2.45) is 0 Å². The van der Waals surface area contributed by atoms with E-state index < -0.39 is 11.0 Å². The highest BCUT2D eigenvalue weighted by Gasteiger charge is 2.14. The van der Waals surface area contributed by atoms with Gasteiger partial charge in [-0.3, -0.25) is 10.1 Å². The standard InChI is InChI=1S/C18H16N2O4/c1-12-8-9-13-4-3-7-17(18(13)19-12)24-11-16(21)14-5-2-6-15(10-14)20(22)23/h2-10,16,21H,11H2,1H3. The number of nitrogens with zero attached hydrogens (tertiary/aromatic N) is 2. The second-order valence-corrected chi connectivity index (χ2v) is 5.46. The molecular formula is C18H16N2O4. The lowest BCUT2D eigenvalue weighted by Crippen LogP contribution is -2.10. The van der Waals surface area contributed by atoms with Crippen LogP contribution in [0.15, 0.2) is 54.6 Å². The Bertz CT molecular complexity index is 895. The summed E-state index contributed by atoms with van der Waals surface area (Å²) in [6.45, 7) is 1.88. The number of non-ortho nitro benzene ring substituents is 1. The first kappa shape index (κ1) is 15.9. The molecule has 1 aromatic heterocycles. The first-order chi connectivity index (χ1) is 11.5. The Kier molecular flexibility index (Phi) is 4.39. The molecular weight excluding hydrogens is 308 g/mol. The molecule has 2 aromatic carbocycles. The summed E-state index contributed by atoms with van der Waals surface area (Å²) in [5.74, 6) is 0.570. The Morgan fingerprint density at radius 2 is 2.00 bits per heavy atom. The van der Waals surface area contributed by atoms with Crippen LogP contribution in [0.25, 0.3) is 10.9 Å². The molecule has 0 aliphatic rings. The van der Waals surface area contributed by atoms with E-state index in [0.29, 0.717) is 11.3 Å². The van der Waals surface area contributed by atoms with E-state index in [1.165, 1.54) is 12.1 Å². The topological polar surface area (TPSA) is 85.5 Å². The zero-order valence-corrected chi connectivity index (χ0v) is 13.0. The van der Waals surface area contributed by atoms with Gasteiger partial charge in [0.05, 0.1) is 4.92 Å². The average molecular weight is 324 g/mol. The van der Waals surface area contributed by atoms with Gasteiger partial charge in [-0.15, -0.1) is 0 Å². The minimum absolute atomic E-state index is 0.0180. The lowest BCUT2D eigenvalue weighted by molar-refractivity contribution is -0.385. The highest BCUT2D eigenvalue weighted by molar-refractivity contribution is 5.84. The number of hydrogen-bond acceptors (Lipinski definition) is 5. The van der Waals surface area contributed by atoms with Gasteiger partial charge < -0.3 is 9.84 Å². The predicted molar refractivity (Wildman–Crippen MR) is 90.0 cm³/mol. The lowest BCUT2D eigenvalue weighted by atomic mass is 10.1. The number of benzene rings is 2. The molecule has 6 heteroatoms. The van der Waals surface area contributed by atoms with Crippen LogP contribution in [-0.2, 0) is 0 Å². The fourth-order valence-electron chi connectivity index (χ4n) is 2.44. The van der Waals surface area contributed by atoms with Crippen molar-refractivity contribution in [3.63, 3.8) is 0 Å². The number of rotatable bonds is 5. The van der Waals surface area contributed by atoms with Crippen LogP contribution in [0.4, 0.5) is 5.69 Å². The summed E-state index contributed by atoms with van der Waals surface area (Å²) >= 11 is 0. The molecule has 0 fully saturated rings. The third kappa shape index (κ3) is 3.33. The fourth-order valence-corrected chi connectivity index (χ4v) is 2.44. The Balaban J connectivity index is 1.79. The van der Waals surface area contributed by atoms with E-state index >= 15 is 0 Å². The Hall–Kier alpha value is -2.99. The van der Waals surface area contributed by atoms with Crippen LogP contribution < -0.4 is 4.74 Å². The molecule has 1 N–H and O–H groups in total. The quantitative estimate of drug-likeness (QED) is 0.573. The minimum atomic E-state index is -0.968. The number of aryl methyl sites for hydroxylation is 1. The van der Waals surface area contributed by atoms with E-state index in [1.807, 2.05) is 31.2 Å². The van der Waals surface area contributed by atoms with Gasteiger partial charge in [-0.1, -0.05) is 30.3 Å². The third-order valence-electron chi connectivity index (χ3n) is 3.68. The maximum atomic E-state index is 10.8. The average Bonchev–Trinajstić information content (AvgIpc) is 2.59. The van der Waals surface area contributed by atoms with Gasteiger partial charge in [-0.25, -0.2) is 4.98 Å². The monoisotopic (exact) mass is 324 g/mol. The molecule has 1 atom stereocenters. The number of aliphatic hydroxyl groups excluding tert-OH is 1. The van der Waals surface area contributed by atoms with Crippen LogP contribution in [0.1, 0.15) is 17.4 Å². The molecule has 0 aliphatic carbocycles. The number of fused-ring (bicyclic) bond motifs is 1. The number of nitro groups is 1. The Morgan fingerprint density at radius 3 is 2.79 bits per heavy atom. The van der Waals surface area contributed by atoms with Gasteiger partial charge >= 0.3 is 0 Å². The van der Waals surface area contributed by atoms with Crippen molar-refractivity contribution in [1.29, 1.82) is 0 Å². The predicted octanol–water partition coefficient (Wildman–Crippen LogP) is 3.56. The highest BCUT2D eigenvalue weighted by atomic mass is 16.6. The summed E-state index contributed by atoms with van der Waals surface area (Å²) in [4.78, 5) is 14.8. The normalized spacial score (nSPS) is 12.1. The summed E-state index contributed by atoms with van der Waals surface area (Å²) < 4.78 is 5.71. The van der Waals surface area contributed by atoms with Crippen LogP contribution in [0, 0.1) is 17.0 Å². The first-order valence-corrected chi connectivity index (χ1v) is 7.46. The lowest BCUT2D eigenvalue weighted by Gasteiger charge is -2.14. The third-order valence-corrected chi connectivity index (χ3v) is 3.68. The van der Waals surface area contributed by atoms with E-state index in [-0.39, 0.29) is 12.3 Å². The first-order valence-electron chi connectivity index (χ1n) is 7.46. The van der Waals surface area contributed by atoms with E-state index in [2.05, 4.69) is 4.98 Å². The molecule has 1 heterocycles. The minimum Gasteiger partial charge on any atom is -0.488 e. The van der Waals surface area contributed by atoms with Crippen LogP contribution in [0.3, 0.4) is 0 Å².